The fraction of sp³-hybridized carbons (Fsp3) is 0.389. The minimum Gasteiger partial charge on any atom is -0.378 e. The van der Waals surface area contributed by atoms with Crippen molar-refractivity contribution in [3.05, 3.63) is 40.8 Å². The van der Waals surface area contributed by atoms with Gasteiger partial charge in [-0.05, 0) is 12.1 Å². The molecule has 9 heteroatoms. The number of rotatable bonds is 5. The van der Waals surface area contributed by atoms with E-state index in [0.717, 1.165) is 0 Å². The summed E-state index contributed by atoms with van der Waals surface area (Å²) in [4.78, 5) is 25.1. The number of carbonyl (C=O) groups excluding carboxylic acids is 1. The van der Waals surface area contributed by atoms with E-state index in [2.05, 4.69) is 15.3 Å². The molecule has 7 nitrogen and oxygen atoms in total. The average molecular weight is 394 g/mol. The number of hydrogen-bond acceptors (Lipinski definition) is 6. The molecule has 0 bridgehead atoms. The normalized spacial score (nSPS) is 14.1. The molecule has 1 aromatic heterocycles. The summed E-state index contributed by atoms with van der Waals surface area (Å²) in [5.74, 6) is 0.244. The standard InChI is InChI=1S/C18H21ClFN5O2/c1-24(2)17-15(11-21-18(23-17)25-6-8-27-9-7-25)22-16(26)10-12-13(19)4-3-5-14(12)20/h3-5,11H,6-10H2,1-2H3,(H,22,26). The number of hydrogen-bond donors (Lipinski definition) is 1. The molecule has 0 atom stereocenters. The monoisotopic (exact) mass is 393 g/mol. The maximum absolute atomic E-state index is 13.9. The molecule has 2 heterocycles. The van der Waals surface area contributed by atoms with Crippen molar-refractivity contribution >= 4 is 35.0 Å². The average Bonchev–Trinajstić information content (AvgIpc) is 2.65. The van der Waals surface area contributed by atoms with Crippen LogP contribution in [0.3, 0.4) is 0 Å². The highest BCUT2D eigenvalue weighted by atomic mass is 35.5. The highest BCUT2D eigenvalue weighted by Crippen LogP contribution is 2.25. The molecule has 1 saturated heterocycles. The SMILES string of the molecule is CN(C)c1nc(N2CCOCC2)ncc1NC(=O)Cc1c(F)cccc1Cl. The lowest BCUT2D eigenvalue weighted by Gasteiger charge is -2.28. The van der Waals surface area contributed by atoms with Gasteiger partial charge in [-0.3, -0.25) is 4.79 Å². The van der Waals surface area contributed by atoms with Crippen LogP contribution >= 0.6 is 11.6 Å². The molecule has 2 aromatic rings. The van der Waals surface area contributed by atoms with E-state index in [0.29, 0.717) is 43.8 Å². The minimum atomic E-state index is -0.510. The Labute approximate surface area is 162 Å². The molecule has 1 N–H and O–H groups in total. The summed E-state index contributed by atoms with van der Waals surface area (Å²) in [6.45, 7) is 2.68. The largest absolute Gasteiger partial charge is 0.378 e. The molecule has 0 radical (unpaired) electrons. The van der Waals surface area contributed by atoms with Crippen molar-refractivity contribution in [1.29, 1.82) is 0 Å². The van der Waals surface area contributed by atoms with Crippen molar-refractivity contribution in [2.75, 3.05) is 55.5 Å². The Morgan fingerprint density at radius 3 is 2.78 bits per heavy atom. The van der Waals surface area contributed by atoms with Gasteiger partial charge < -0.3 is 19.9 Å². The first kappa shape index (κ1) is 19.3. The number of amides is 1. The Balaban J connectivity index is 1.78. The van der Waals surface area contributed by atoms with Crippen molar-refractivity contribution in [3.63, 3.8) is 0 Å². The smallest absolute Gasteiger partial charge is 0.229 e. The number of halogens is 2. The van der Waals surface area contributed by atoms with Crippen LogP contribution in [0.1, 0.15) is 5.56 Å². The van der Waals surface area contributed by atoms with Gasteiger partial charge in [-0.2, -0.15) is 4.98 Å². The number of anilines is 3. The van der Waals surface area contributed by atoms with Crippen molar-refractivity contribution < 1.29 is 13.9 Å². The summed E-state index contributed by atoms with van der Waals surface area (Å²) in [6.07, 6.45) is 1.39. The molecule has 1 amide bonds. The second kappa shape index (κ2) is 8.49. The number of aromatic nitrogens is 2. The van der Waals surface area contributed by atoms with Gasteiger partial charge in [0, 0.05) is 37.8 Å². The van der Waals surface area contributed by atoms with Gasteiger partial charge in [-0.15, -0.1) is 0 Å². The number of nitrogens with one attached hydrogen (secondary N) is 1. The lowest BCUT2D eigenvalue weighted by molar-refractivity contribution is -0.115. The number of carbonyl (C=O) groups is 1. The van der Waals surface area contributed by atoms with E-state index in [1.807, 2.05) is 19.0 Å². The van der Waals surface area contributed by atoms with E-state index >= 15 is 0 Å². The number of morpholine rings is 1. The van der Waals surface area contributed by atoms with Gasteiger partial charge in [-0.1, -0.05) is 17.7 Å². The van der Waals surface area contributed by atoms with Gasteiger partial charge in [0.1, 0.15) is 11.5 Å². The van der Waals surface area contributed by atoms with Gasteiger partial charge in [-0.25, -0.2) is 9.37 Å². The molecule has 27 heavy (non-hydrogen) atoms. The van der Waals surface area contributed by atoms with Gasteiger partial charge in [0.2, 0.25) is 11.9 Å². The molecule has 0 saturated carbocycles. The van der Waals surface area contributed by atoms with Crippen LogP contribution in [0.15, 0.2) is 24.4 Å². The summed E-state index contributed by atoms with van der Waals surface area (Å²) >= 11 is 6.00. The third-order valence-electron chi connectivity index (χ3n) is 4.15. The van der Waals surface area contributed by atoms with Gasteiger partial charge in [0.05, 0.1) is 25.8 Å². The fourth-order valence-corrected chi connectivity index (χ4v) is 2.99. The Morgan fingerprint density at radius 1 is 1.37 bits per heavy atom. The first-order valence-corrected chi connectivity index (χ1v) is 8.93. The lowest BCUT2D eigenvalue weighted by Crippen LogP contribution is -2.37. The number of ether oxygens (including phenoxy) is 1. The molecular formula is C18H21ClFN5O2. The van der Waals surface area contributed by atoms with Crippen molar-refractivity contribution in [1.82, 2.24) is 9.97 Å². The lowest BCUT2D eigenvalue weighted by atomic mass is 10.1. The Kier molecular flexibility index (Phi) is 6.08. The second-order valence-corrected chi connectivity index (χ2v) is 6.73. The summed E-state index contributed by atoms with van der Waals surface area (Å²) in [5, 5.41) is 2.97. The third-order valence-corrected chi connectivity index (χ3v) is 4.50. The molecule has 1 aliphatic rings. The van der Waals surface area contributed by atoms with E-state index < -0.39 is 11.7 Å². The quantitative estimate of drug-likeness (QED) is 0.840. The van der Waals surface area contributed by atoms with Crippen LogP contribution in [0.5, 0.6) is 0 Å². The predicted molar refractivity (Wildman–Crippen MR) is 103 cm³/mol. The summed E-state index contributed by atoms with van der Waals surface area (Å²) in [5.41, 5.74) is 0.614. The molecule has 3 rings (SSSR count). The molecule has 0 spiro atoms. The first-order valence-electron chi connectivity index (χ1n) is 8.55. The Bertz CT molecular complexity index is 807. The van der Waals surface area contributed by atoms with Crippen molar-refractivity contribution in [3.8, 4) is 0 Å². The van der Waals surface area contributed by atoms with E-state index in [4.69, 9.17) is 16.3 Å². The zero-order valence-electron chi connectivity index (χ0n) is 15.2. The van der Waals surface area contributed by atoms with E-state index in [1.165, 1.54) is 12.1 Å². The van der Waals surface area contributed by atoms with Gasteiger partial charge in [0.15, 0.2) is 5.82 Å². The van der Waals surface area contributed by atoms with Crippen molar-refractivity contribution in [2.45, 2.75) is 6.42 Å². The molecule has 144 valence electrons. The highest BCUT2D eigenvalue weighted by Gasteiger charge is 2.19. The van der Waals surface area contributed by atoms with Crippen LogP contribution in [0.25, 0.3) is 0 Å². The number of nitrogens with zero attached hydrogens (tertiary/aromatic N) is 4. The fourth-order valence-electron chi connectivity index (χ4n) is 2.76. The summed E-state index contributed by atoms with van der Waals surface area (Å²) in [7, 11) is 3.66. The molecule has 1 aliphatic heterocycles. The molecule has 1 fully saturated rings. The zero-order valence-corrected chi connectivity index (χ0v) is 16.0. The summed E-state index contributed by atoms with van der Waals surface area (Å²) in [6, 6.07) is 4.33. The van der Waals surface area contributed by atoms with Crippen molar-refractivity contribution in [2.24, 2.45) is 0 Å². The van der Waals surface area contributed by atoms with Crippen LogP contribution in [-0.4, -0.2) is 56.3 Å². The van der Waals surface area contributed by atoms with Gasteiger partial charge in [0.25, 0.3) is 0 Å². The Morgan fingerprint density at radius 2 is 2.11 bits per heavy atom. The molecule has 0 aliphatic carbocycles. The molecule has 0 unspecified atom stereocenters. The molecule has 1 aromatic carbocycles. The van der Waals surface area contributed by atoms with E-state index in [1.54, 1.807) is 17.2 Å². The minimum absolute atomic E-state index is 0.161. The van der Waals surface area contributed by atoms with Crippen LogP contribution in [0.4, 0.5) is 21.8 Å². The Hall–Kier alpha value is -2.45. The number of benzene rings is 1. The van der Waals surface area contributed by atoms with Crippen LogP contribution in [-0.2, 0) is 16.0 Å². The van der Waals surface area contributed by atoms with Crippen LogP contribution < -0.4 is 15.1 Å². The van der Waals surface area contributed by atoms with E-state index in [-0.39, 0.29) is 17.0 Å². The maximum atomic E-state index is 13.9. The van der Waals surface area contributed by atoms with Gasteiger partial charge >= 0.3 is 0 Å². The van der Waals surface area contributed by atoms with Crippen LogP contribution in [0, 0.1) is 5.82 Å². The third kappa shape index (κ3) is 4.64. The predicted octanol–water partition coefficient (Wildman–Crippen LogP) is 2.35. The maximum Gasteiger partial charge on any atom is 0.229 e. The topological polar surface area (TPSA) is 70.6 Å². The summed E-state index contributed by atoms with van der Waals surface area (Å²) < 4.78 is 19.2. The van der Waals surface area contributed by atoms with E-state index in [9.17, 15) is 9.18 Å². The molecular weight excluding hydrogens is 373 g/mol. The highest BCUT2D eigenvalue weighted by molar-refractivity contribution is 6.31. The second-order valence-electron chi connectivity index (χ2n) is 6.33. The first-order chi connectivity index (χ1) is 13.0. The zero-order chi connectivity index (χ0) is 19.4. The van der Waals surface area contributed by atoms with Crippen LogP contribution in [0.2, 0.25) is 5.02 Å².